The average Bonchev–Trinajstić information content (AvgIpc) is 3.12. The SMILES string of the molecule is c1ccc2[nH]c(N3CCCN(c4nccs4)CC3)nc2c1. The second-order valence-electron chi connectivity index (χ2n) is 5.22. The molecule has 108 valence electrons. The van der Waals surface area contributed by atoms with Gasteiger partial charge in [-0.3, -0.25) is 0 Å². The third-order valence-electron chi connectivity index (χ3n) is 3.86. The number of hydrogen-bond acceptors (Lipinski definition) is 5. The molecule has 0 radical (unpaired) electrons. The van der Waals surface area contributed by atoms with E-state index >= 15 is 0 Å². The molecular weight excluding hydrogens is 282 g/mol. The van der Waals surface area contributed by atoms with Crippen molar-refractivity contribution in [3.05, 3.63) is 35.8 Å². The number of anilines is 2. The molecule has 5 nitrogen and oxygen atoms in total. The molecule has 0 spiro atoms. The number of fused-ring (bicyclic) bond motifs is 1. The van der Waals surface area contributed by atoms with E-state index in [1.807, 2.05) is 23.7 Å². The Morgan fingerprint density at radius 2 is 1.90 bits per heavy atom. The van der Waals surface area contributed by atoms with E-state index in [0.29, 0.717) is 0 Å². The highest BCUT2D eigenvalue weighted by Crippen LogP contribution is 2.22. The number of benzene rings is 1. The molecule has 1 N–H and O–H groups in total. The van der Waals surface area contributed by atoms with Gasteiger partial charge in [0, 0.05) is 37.8 Å². The summed E-state index contributed by atoms with van der Waals surface area (Å²) in [6.45, 7) is 4.05. The van der Waals surface area contributed by atoms with Gasteiger partial charge in [0.1, 0.15) is 0 Å². The number of aromatic amines is 1. The Balaban J connectivity index is 1.54. The van der Waals surface area contributed by atoms with Crippen molar-refractivity contribution in [3.8, 4) is 0 Å². The van der Waals surface area contributed by atoms with Gasteiger partial charge >= 0.3 is 0 Å². The molecule has 6 heteroatoms. The maximum Gasteiger partial charge on any atom is 0.203 e. The zero-order valence-corrected chi connectivity index (χ0v) is 12.5. The predicted octanol–water partition coefficient (Wildman–Crippen LogP) is 2.74. The summed E-state index contributed by atoms with van der Waals surface area (Å²) in [7, 11) is 0. The average molecular weight is 299 g/mol. The summed E-state index contributed by atoms with van der Waals surface area (Å²) >= 11 is 1.71. The highest BCUT2D eigenvalue weighted by molar-refractivity contribution is 7.13. The van der Waals surface area contributed by atoms with E-state index in [9.17, 15) is 0 Å². The monoisotopic (exact) mass is 299 g/mol. The quantitative estimate of drug-likeness (QED) is 0.790. The van der Waals surface area contributed by atoms with Crippen molar-refractivity contribution in [2.75, 3.05) is 36.0 Å². The standard InChI is InChI=1S/C15H17N5S/c1-2-5-13-12(4-1)17-14(18-13)19-7-3-8-20(10-9-19)15-16-6-11-21-15/h1-2,4-6,11H,3,7-10H2,(H,17,18). The minimum absolute atomic E-state index is 0.972. The van der Waals surface area contributed by atoms with Gasteiger partial charge in [-0.25, -0.2) is 9.97 Å². The molecule has 0 aliphatic carbocycles. The van der Waals surface area contributed by atoms with E-state index in [2.05, 4.69) is 31.9 Å². The molecule has 1 aromatic carbocycles. The number of nitrogens with zero attached hydrogens (tertiary/aromatic N) is 4. The number of thiazole rings is 1. The number of para-hydroxylation sites is 2. The summed E-state index contributed by atoms with van der Waals surface area (Å²) in [5.74, 6) is 0.984. The molecule has 1 fully saturated rings. The molecule has 0 bridgehead atoms. The molecule has 0 unspecified atom stereocenters. The Kier molecular flexibility index (Phi) is 3.23. The lowest BCUT2D eigenvalue weighted by atomic mass is 10.3. The minimum atomic E-state index is 0.972. The van der Waals surface area contributed by atoms with Crippen LogP contribution in [0.5, 0.6) is 0 Å². The first kappa shape index (κ1) is 12.6. The van der Waals surface area contributed by atoms with Crippen LogP contribution in [0.25, 0.3) is 11.0 Å². The van der Waals surface area contributed by atoms with Crippen molar-refractivity contribution in [2.24, 2.45) is 0 Å². The predicted molar refractivity (Wildman–Crippen MR) is 87.3 cm³/mol. The van der Waals surface area contributed by atoms with Crippen LogP contribution < -0.4 is 9.80 Å². The fourth-order valence-corrected chi connectivity index (χ4v) is 3.48. The van der Waals surface area contributed by atoms with E-state index in [4.69, 9.17) is 4.98 Å². The van der Waals surface area contributed by atoms with Crippen LogP contribution in [0.4, 0.5) is 11.1 Å². The van der Waals surface area contributed by atoms with Gasteiger partial charge in [0.25, 0.3) is 0 Å². The highest BCUT2D eigenvalue weighted by atomic mass is 32.1. The third-order valence-corrected chi connectivity index (χ3v) is 4.69. The molecule has 1 aliphatic rings. The van der Waals surface area contributed by atoms with Crippen LogP contribution in [0.3, 0.4) is 0 Å². The van der Waals surface area contributed by atoms with E-state index in [1.54, 1.807) is 11.3 Å². The molecule has 21 heavy (non-hydrogen) atoms. The van der Waals surface area contributed by atoms with Crippen molar-refractivity contribution in [1.29, 1.82) is 0 Å². The van der Waals surface area contributed by atoms with Gasteiger partial charge in [-0.2, -0.15) is 0 Å². The zero-order chi connectivity index (χ0) is 14.1. The van der Waals surface area contributed by atoms with Gasteiger partial charge in [0.05, 0.1) is 11.0 Å². The van der Waals surface area contributed by atoms with Crippen LogP contribution in [-0.2, 0) is 0 Å². The molecule has 3 heterocycles. The molecule has 0 atom stereocenters. The van der Waals surface area contributed by atoms with Gasteiger partial charge in [0.2, 0.25) is 5.95 Å². The van der Waals surface area contributed by atoms with Crippen molar-refractivity contribution in [2.45, 2.75) is 6.42 Å². The molecule has 0 amide bonds. The Morgan fingerprint density at radius 1 is 1.05 bits per heavy atom. The van der Waals surface area contributed by atoms with E-state index in [0.717, 1.165) is 54.7 Å². The number of rotatable bonds is 2. The zero-order valence-electron chi connectivity index (χ0n) is 11.7. The van der Waals surface area contributed by atoms with Crippen molar-refractivity contribution >= 4 is 33.5 Å². The van der Waals surface area contributed by atoms with Crippen molar-refractivity contribution < 1.29 is 0 Å². The number of imidazole rings is 1. The smallest absolute Gasteiger partial charge is 0.203 e. The lowest BCUT2D eigenvalue weighted by molar-refractivity contribution is 0.790. The van der Waals surface area contributed by atoms with Crippen LogP contribution in [0.1, 0.15) is 6.42 Å². The maximum absolute atomic E-state index is 4.70. The van der Waals surface area contributed by atoms with Gasteiger partial charge in [-0.1, -0.05) is 12.1 Å². The van der Waals surface area contributed by atoms with Crippen molar-refractivity contribution in [3.63, 3.8) is 0 Å². The fraction of sp³-hybridized carbons (Fsp3) is 0.333. The van der Waals surface area contributed by atoms with E-state index in [1.165, 1.54) is 0 Å². The molecule has 4 rings (SSSR count). The summed E-state index contributed by atoms with van der Waals surface area (Å²) in [5, 5.41) is 3.17. The van der Waals surface area contributed by atoms with Crippen LogP contribution in [0.15, 0.2) is 35.8 Å². The number of hydrogen-bond donors (Lipinski definition) is 1. The molecule has 2 aromatic heterocycles. The van der Waals surface area contributed by atoms with Crippen LogP contribution in [0.2, 0.25) is 0 Å². The Bertz CT molecular complexity index is 688. The fourth-order valence-electron chi connectivity index (χ4n) is 2.78. The third kappa shape index (κ3) is 2.47. The first-order valence-corrected chi connectivity index (χ1v) is 8.12. The molecule has 0 saturated carbocycles. The highest BCUT2D eigenvalue weighted by Gasteiger charge is 2.18. The summed E-state index contributed by atoms with van der Waals surface area (Å²) < 4.78 is 0. The second kappa shape index (κ2) is 5.37. The van der Waals surface area contributed by atoms with E-state index < -0.39 is 0 Å². The van der Waals surface area contributed by atoms with Gasteiger partial charge in [-0.15, -0.1) is 11.3 Å². The Labute approximate surface area is 127 Å². The molecule has 3 aromatic rings. The maximum atomic E-state index is 4.70. The lowest BCUT2D eigenvalue weighted by Gasteiger charge is -2.20. The van der Waals surface area contributed by atoms with Crippen LogP contribution in [0, 0.1) is 0 Å². The number of H-pyrrole nitrogens is 1. The summed E-state index contributed by atoms with van der Waals surface area (Å²) in [4.78, 5) is 17.3. The summed E-state index contributed by atoms with van der Waals surface area (Å²) in [6.07, 6.45) is 3.00. The van der Waals surface area contributed by atoms with Crippen LogP contribution >= 0.6 is 11.3 Å². The molecule has 1 saturated heterocycles. The lowest BCUT2D eigenvalue weighted by Crippen LogP contribution is -2.31. The number of aromatic nitrogens is 3. The minimum Gasteiger partial charge on any atom is -0.346 e. The number of nitrogens with one attached hydrogen (secondary N) is 1. The van der Waals surface area contributed by atoms with Crippen molar-refractivity contribution in [1.82, 2.24) is 15.0 Å². The topological polar surface area (TPSA) is 48.1 Å². The molecule has 1 aliphatic heterocycles. The van der Waals surface area contributed by atoms with E-state index in [-0.39, 0.29) is 0 Å². The largest absolute Gasteiger partial charge is 0.346 e. The van der Waals surface area contributed by atoms with Gasteiger partial charge < -0.3 is 14.8 Å². The summed E-state index contributed by atoms with van der Waals surface area (Å²) in [6, 6.07) is 8.19. The first-order chi connectivity index (χ1) is 10.4. The normalized spacial score (nSPS) is 16.4. The summed E-state index contributed by atoms with van der Waals surface area (Å²) in [5.41, 5.74) is 2.14. The van der Waals surface area contributed by atoms with Gasteiger partial charge in [-0.05, 0) is 18.6 Å². The second-order valence-corrected chi connectivity index (χ2v) is 6.09. The Hall–Kier alpha value is -2.08. The van der Waals surface area contributed by atoms with Crippen LogP contribution in [-0.4, -0.2) is 41.1 Å². The van der Waals surface area contributed by atoms with Gasteiger partial charge in [0.15, 0.2) is 5.13 Å². The first-order valence-electron chi connectivity index (χ1n) is 7.24. The molecular formula is C15H17N5S. The Morgan fingerprint density at radius 3 is 2.76 bits per heavy atom.